The number of carbonyl (C=O) groups is 1. The van der Waals surface area contributed by atoms with Gasteiger partial charge >= 0.3 is 0 Å². The van der Waals surface area contributed by atoms with Crippen molar-refractivity contribution in [2.24, 2.45) is 0 Å². The highest BCUT2D eigenvalue weighted by molar-refractivity contribution is 5.92. The molecular formula is C22H22F2N6O2. The van der Waals surface area contributed by atoms with Crippen molar-refractivity contribution in [1.82, 2.24) is 29.5 Å². The summed E-state index contributed by atoms with van der Waals surface area (Å²) in [5.41, 5.74) is 1.81. The van der Waals surface area contributed by atoms with Gasteiger partial charge in [-0.15, -0.1) is 0 Å². The predicted molar refractivity (Wildman–Crippen MR) is 111 cm³/mol. The molecule has 0 saturated carbocycles. The maximum absolute atomic E-state index is 13.5. The zero-order valence-corrected chi connectivity index (χ0v) is 17.8. The lowest BCUT2D eigenvalue weighted by Crippen LogP contribution is -2.40. The monoisotopic (exact) mass is 440 g/mol. The van der Waals surface area contributed by atoms with Gasteiger partial charge in [0.2, 0.25) is 11.7 Å². The van der Waals surface area contributed by atoms with Gasteiger partial charge in [-0.3, -0.25) is 4.79 Å². The summed E-state index contributed by atoms with van der Waals surface area (Å²) < 4.78 is 34.2. The van der Waals surface area contributed by atoms with Gasteiger partial charge in [0.05, 0.1) is 29.4 Å². The average molecular weight is 440 g/mol. The minimum absolute atomic E-state index is 0.118. The lowest BCUT2D eigenvalue weighted by atomic mass is 9.97. The highest BCUT2D eigenvalue weighted by atomic mass is 19.3. The Morgan fingerprint density at radius 3 is 2.84 bits per heavy atom. The summed E-state index contributed by atoms with van der Waals surface area (Å²) in [5.74, 6) is 0.234. The van der Waals surface area contributed by atoms with Crippen LogP contribution in [-0.2, 0) is 11.8 Å². The third kappa shape index (κ3) is 3.26. The topological polar surface area (TPSA) is 92.3 Å². The number of rotatable bonds is 3. The first-order valence-electron chi connectivity index (χ1n) is 10.3. The Balaban J connectivity index is 1.60. The first-order valence-corrected chi connectivity index (χ1v) is 10.3. The molecule has 1 atom stereocenters. The molecule has 1 aliphatic rings. The summed E-state index contributed by atoms with van der Waals surface area (Å²) in [6.07, 6.45) is 2.54. The maximum Gasteiger partial charge on any atom is 0.292 e. The summed E-state index contributed by atoms with van der Waals surface area (Å²) in [7, 11) is 0. The Kier molecular flexibility index (Phi) is 4.61. The van der Waals surface area contributed by atoms with Gasteiger partial charge in [0, 0.05) is 35.8 Å². The number of aromatic nitrogens is 5. The number of carbonyl (C=O) groups excluding carboxylic acids is 1. The van der Waals surface area contributed by atoms with E-state index in [1.807, 2.05) is 20.8 Å². The standard InChI is InChI=1S/C22H22F2N6O2/c1-22(2,3)21-25-10-16(32-21)20(31)29-8-6-13-17(27-11-26-13)18(29)14-9-15-12(19(23)24)5-4-7-30(15)28-14/h4-5,7,9-11,18-19H,6,8H2,1-3H3,(H,26,27). The Hall–Kier alpha value is -3.56. The number of nitrogens with one attached hydrogen (secondary N) is 1. The molecule has 0 aromatic carbocycles. The van der Waals surface area contributed by atoms with E-state index in [0.29, 0.717) is 35.8 Å². The highest BCUT2D eigenvalue weighted by Crippen LogP contribution is 2.36. The minimum Gasteiger partial charge on any atom is -0.435 e. The number of aromatic amines is 1. The van der Waals surface area contributed by atoms with E-state index in [4.69, 9.17) is 4.42 Å². The Morgan fingerprint density at radius 2 is 2.12 bits per heavy atom. The van der Waals surface area contributed by atoms with Gasteiger partial charge in [0.1, 0.15) is 6.04 Å². The van der Waals surface area contributed by atoms with Crippen LogP contribution >= 0.6 is 0 Å². The molecule has 0 spiro atoms. The van der Waals surface area contributed by atoms with E-state index < -0.39 is 12.5 Å². The van der Waals surface area contributed by atoms with E-state index in [2.05, 4.69) is 20.1 Å². The van der Waals surface area contributed by atoms with Crippen molar-refractivity contribution in [3.63, 3.8) is 0 Å². The van der Waals surface area contributed by atoms with E-state index in [9.17, 15) is 13.6 Å². The van der Waals surface area contributed by atoms with Crippen LogP contribution in [0.25, 0.3) is 5.52 Å². The highest BCUT2D eigenvalue weighted by Gasteiger charge is 2.38. The molecular weight excluding hydrogens is 418 g/mol. The van der Waals surface area contributed by atoms with Crippen LogP contribution in [-0.4, -0.2) is 41.9 Å². The van der Waals surface area contributed by atoms with Crippen LogP contribution in [0.1, 0.15) is 72.3 Å². The summed E-state index contributed by atoms with van der Waals surface area (Å²) in [6.45, 7) is 6.23. The molecule has 0 radical (unpaired) electrons. The number of alkyl halides is 2. The summed E-state index contributed by atoms with van der Waals surface area (Å²) >= 11 is 0. The van der Waals surface area contributed by atoms with Gasteiger partial charge in [0.15, 0.2) is 0 Å². The molecule has 0 bridgehead atoms. The van der Waals surface area contributed by atoms with Crippen LogP contribution in [0, 0.1) is 0 Å². The minimum atomic E-state index is -2.64. The van der Waals surface area contributed by atoms with Gasteiger partial charge < -0.3 is 14.3 Å². The number of imidazole rings is 1. The van der Waals surface area contributed by atoms with Crippen molar-refractivity contribution in [1.29, 1.82) is 0 Å². The number of hydrogen-bond donors (Lipinski definition) is 1. The SMILES string of the molecule is CC(C)(C)c1ncc(C(=O)N2CCc3[nH]cnc3C2c2cc3c(C(F)F)cccn3n2)o1. The second-order valence-electron chi connectivity index (χ2n) is 8.86. The molecule has 1 unspecified atom stereocenters. The largest absolute Gasteiger partial charge is 0.435 e. The van der Waals surface area contributed by atoms with Crippen molar-refractivity contribution in [3.05, 3.63) is 71.2 Å². The van der Waals surface area contributed by atoms with Crippen LogP contribution in [0.15, 0.2) is 41.3 Å². The van der Waals surface area contributed by atoms with Crippen LogP contribution < -0.4 is 0 Å². The van der Waals surface area contributed by atoms with Crippen LogP contribution in [0.4, 0.5) is 8.78 Å². The van der Waals surface area contributed by atoms with Crippen LogP contribution in [0.2, 0.25) is 0 Å². The number of oxazole rings is 1. The zero-order chi connectivity index (χ0) is 22.6. The fourth-order valence-corrected chi connectivity index (χ4v) is 4.03. The molecule has 0 fully saturated rings. The second-order valence-corrected chi connectivity index (χ2v) is 8.86. The fraction of sp³-hybridized carbons (Fsp3) is 0.364. The molecule has 1 aliphatic heterocycles. The van der Waals surface area contributed by atoms with Gasteiger partial charge in [0.25, 0.3) is 12.3 Å². The number of nitrogens with zero attached hydrogens (tertiary/aromatic N) is 5. The molecule has 5 rings (SSSR count). The van der Waals surface area contributed by atoms with Crippen LogP contribution in [0.3, 0.4) is 0 Å². The number of halogens is 2. The van der Waals surface area contributed by atoms with Gasteiger partial charge in [-0.05, 0) is 18.2 Å². The van der Waals surface area contributed by atoms with Crippen molar-refractivity contribution in [2.75, 3.05) is 6.54 Å². The second kappa shape index (κ2) is 7.25. The third-order valence-electron chi connectivity index (χ3n) is 5.61. The zero-order valence-electron chi connectivity index (χ0n) is 17.8. The number of pyridine rings is 1. The normalized spacial score (nSPS) is 16.7. The molecule has 4 aromatic heterocycles. The van der Waals surface area contributed by atoms with E-state index in [1.165, 1.54) is 22.8 Å². The number of amides is 1. The quantitative estimate of drug-likeness (QED) is 0.519. The summed E-state index contributed by atoms with van der Waals surface area (Å²) in [4.78, 5) is 26.8. The average Bonchev–Trinajstić information content (AvgIpc) is 3.50. The van der Waals surface area contributed by atoms with Gasteiger partial charge in [-0.1, -0.05) is 20.8 Å². The Morgan fingerprint density at radius 1 is 1.31 bits per heavy atom. The number of hydrogen-bond acceptors (Lipinski definition) is 5. The maximum atomic E-state index is 13.5. The lowest BCUT2D eigenvalue weighted by Gasteiger charge is -2.33. The van der Waals surface area contributed by atoms with Crippen LogP contribution in [0.5, 0.6) is 0 Å². The van der Waals surface area contributed by atoms with Crippen molar-refractivity contribution in [2.45, 2.75) is 45.1 Å². The summed E-state index contributed by atoms with van der Waals surface area (Å²) in [5, 5.41) is 4.52. The lowest BCUT2D eigenvalue weighted by molar-refractivity contribution is 0.0650. The molecule has 0 saturated heterocycles. The first kappa shape index (κ1) is 20.3. The van der Waals surface area contributed by atoms with Crippen molar-refractivity contribution in [3.8, 4) is 0 Å². The van der Waals surface area contributed by atoms with E-state index in [0.717, 1.165) is 5.69 Å². The smallest absolute Gasteiger partial charge is 0.292 e. The third-order valence-corrected chi connectivity index (χ3v) is 5.61. The first-order chi connectivity index (χ1) is 15.2. The molecule has 8 nitrogen and oxygen atoms in total. The summed E-state index contributed by atoms with van der Waals surface area (Å²) in [6, 6.07) is 3.85. The van der Waals surface area contributed by atoms with E-state index in [-0.39, 0.29) is 22.6 Å². The molecule has 166 valence electrons. The molecule has 1 N–H and O–H groups in total. The molecule has 0 aliphatic carbocycles. The molecule has 4 aromatic rings. The Bertz CT molecular complexity index is 1300. The van der Waals surface area contributed by atoms with E-state index >= 15 is 0 Å². The van der Waals surface area contributed by atoms with Crippen molar-refractivity contribution >= 4 is 11.4 Å². The van der Waals surface area contributed by atoms with Crippen molar-refractivity contribution < 1.29 is 18.0 Å². The molecule has 32 heavy (non-hydrogen) atoms. The number of H-pyrrole nitrogens is 1. The van der Waals surface area contributed by atoms with Gasteiger partial charge in [-0.25, -0.2) is 23.3 Å². The predicted octanol–water partition coefficient (Wildman–Crippen LogP) is 4.07. The van der Waals surface area contributed by atoms with E-state index in [1.54, 1.807) is 23.5 Å². The molecule has 1 amide bonds. The van der Waals surface area contributed by atoms with Gasteiger partial charge in [-0.2, -0.15) is 5.10 Å². The Labute approximate surface area is 182 Å². The number of fused-ring (bicyclic) bond motifs is 2. The molecule has 5 heterocycles. The molecule has 10 heteroatoms. The fourth-order valence-electron chi connectivity index (χ4n) is 4.03.